The largest absolute Gasteiger partial charge is 0.572 e. The third-order valence-corrected chi connectivity index (χ3v) is 1.72. The van der Waals surface area contributed by atoms with Crippen LogP contribution < -0.4 is 0 Å². The van der Waals surface area contributed by atoms with Crippen molar-refractivity contribution in [2.75, 3.05) is 0 Å². The van der Waals surface area contributed by atoms with E-state index in [4.69, 9.17) is 20.8 Å². The molecule has 1 fully saturated rings. The van der Waals surface area contributed by atoms with Crippen molar-refractivity contribution >= 4 is 18.0 Å². The van der Waals surface area contributed by atoms with Crippen molar-refractivity contribution in [3.05, 3.63) is 0 Å². The van der Waals surface area contributed by atoms with Crippen molar-refractivity contribution in [1.29, 1.82) is 0 Å². The maximum absolute atomic E-state index is 5.65. The molecule has 1 saturated heterocycles. The summed E-state index contributed by atoms with van der Waals surface area (Å²) in [5, 5.41) is 0. The molecule has 58 valence electrons. The average Bonchev–Trinajstić information content (AvgIpc) is 1.54. The van der Waals surface area contributed by atoms with Crippen LogP contribution in [0.25, 0.3) is 0 Å². The van der Waals surface area contributed by atoms with Gasteiger partial charge in [0.2, 0.25) is 0 Å². The van der Waals surface area contributed by atoms with E-state index < -0.39 is 6.53 Å². The SMILES string of the molecule is CC1CC(C)(C)OB(Cl)O1. The Morgan fingerprint density at radius 1 is 1.60 bits per heavy atom. The summed E-state index contributed by atoms with van der Waals surface area (Å²) >= 11 is 5.65. The van der Waals surface area contributed by atoms with Gasteiger partial charge in [-0.15, -0.1) is 11.5 Å². The number of hydrogen-bond acceptors (Lipinski definition) is 2. The molecule has 0 aliphatic carbocycles. The molecule has 0 spiro atoms. The highest BCUT2D eigenvalue weighted by molar-refractivity contribution is 6.99. The van der Waals surface area contributed by atoms with Gasteiger partial charge in [0.1, 0.15) is 0 Å². The molecule has 4 heteroatoms. The first-order chi connectivity index (χ1) is 4.49. The third kappa shape index (κ3) is 2.15. The summed E-state index contributed by atoms with van der Waals surface area (Å²) in [5.74, 6) is 0. The van der Waals surface area contributed by atoms with Gasteiger partial charge in [-0.2, -0.15) is 0 Å². The molecular weight excluding hydrogens is 150 g/mol. The van der Waals surface area contributed by atoms with Crippen LogP contribution in [0.2, 0.25) is 0 Å². The molecule has 1 aliphatic rings. The van der Waals surface area contributed by atoms with Gasteiger partial charge in [0, 0.05) is 6.10 Å². The Hall–Kier alpha value is 0.275. The van der Waals surface area contributed by atoms with E-state index in [9.17, 15) is 0 Å². The molecule has 0 aromatic heterocycles. The molecular formula is C6H12BClO2. The quantitative estimate of drug-likeness (QED) is 0.506. The second-order valence-electron chi connectivity index (χ2n) is 3.30. The average molecular weight is 162 g/mol. The molecule has 1 aliphatic heterocycles. The highest BCUT2D eigenvalue weighted by atomic mass is 35.5. The van der Waals surface area contributed by atoms with E-state index in [1.165, 1.54) is 0 Å². The molecule has 2 nitrogen and oxygen atoms in total. The van der Waals surface area contributed by atoms with Crippen LogP contribution in [0.1, 0.15) is 27.2 Å². The summed E-state index contributed by atoms with van der Waals surface area (Å²) < 4.78 is 10.5. The van der Waals surface area contributed by atoms with Crippen LogP contribution in [0.4, 0.5) is 0 Å². The monoisotopic (exact) mass is 162 g/mol. The van der Waals surface area contributed by atoms with Crippen molar-refractivity contribution < 1.29 is 9.31 Å². The summed E-state index contributed by atoms with van der Waals surface area (Å²) in [6.45, 7) is 5.46. The smallest absolute Gasteiger partial charge is 0.395 e. The lowest BCUT2D eigenvalue weighted by atomic mass is 9.97. The van der Waals surface area contributed by atoms with Gasteiger partial charge < -0.3 is 9.31 Å². The minimum atomic E-state index is -0.571. The van der Waals surface area contributed by atoms with Crippen LogP contribution in [0.15, 0.2) is 0 Å². The molecule has 0 aromatic carbocycles. The number of halogens is 1. The Kier molecular flexibility index (Phi) is 2.28. The normalized spacial score (nSPS) is 32.4. The van der Waals surface area contributed by atoms with Crippen molar-refractivity contribution in [2.45, 2.75) is 38.9 Å². The van der Waals surface area contributed by atoms with Gasteiger partial charge >= 0.3 is 6.53 Å². The van der Waals surface area contributed by atoms with Gasteiger partial charge in [-0.05, 0) is 27.2 Å². The van der Waals surface area contributed by atoms with Gasteiger partial charge in [-0.1, -0.05) is 0 Å². The zero-order chi connectivity index (χ0) is 7.78. The third-order valence-electron chi connectivity index (χ3n) is 1.53. The van der Waals surface area contributed by atoms with Gasteiger partial charge in [-0.3, -0.25) is 0 Å². The second-order valence-corrected chi connectivity index (χ2v) is 3.66. The predicted octanol–water partition coefficient (Wildman–Crippen LogP) is 1.81. The Labute approximate surface area is 66.9 Å². The van der Waals surface area contributed by atoms with Gasteiger partial charge in [0.25, 0.3) is 0 Å². The topological polar surface area (TPSA) is 18.5 Å². The minimum absolute atomic E-state index is 0.135. The van der Waals surface area contributed by atoms with Crippen LogP contribution in [0, 0.1) is 0 Å². The Morgan fingerprint density at radius 3 is 2.60 bits per heavy atom. The van der Waals surface area contributed by atoms with Crippen molar-refractivity contribution in [3.63, 3.8) is 0 Å². The maximum atomic E-state index is 5.65. The summed E-state index contributed by atoms with van der Waals surface area (Å²) in [5.41, 5.74) is -0.135. The highest BCUT2D eigenvalue weighted by Crippen LogP contribution is 2.26. The van der Waals surface area contributed by atoms with E-state index in [2.05, 4.69) is 0 Å². The molecule has 0 N–H and O–H groups in total. The van der Waals surface area contributed by atoms with Crippen LogP contribution in [0.3, 0.4) is 0 Å². The first kappa shape index (κ1) is 8.37. The van der Waals surface area contributed by atoms with E-state index in [0.29, 0.717) is 0 Å². The molecule has 0 amide bonds. The van der Waals surface area contributed by atoms with Crippen LogP contribution in [0.5, 0.6) is 0 Å². The lowest BCUT2D eigenvalue weighted by Gasteiger charge is -2.35. The number of hydrogen-bond donors (Lipinski definition) is 0. The molecule has 1 rings (SSSR count). The Balaban J connectivity index is 2.51. The first-order valence-corrected chi connectivity index (χ1v) is 3.91. The standard InChI is InChI=1S/C6H12BClO2/c1-5-4-6(2,3)10-7(8)9-5/h5H,4H2,1-3H3. The summed E-state index contributed by atoms with van der Waals surface area (Å²) in [6, 6.07) is 0. The van der Waals surface area contributed by atoms with Crippen molar-refractivity contribution in [2.24, 2.45) is 0 Å². The molecule has 0 bridgehead atoms. The second kappa shape index (κ2) is 2.72. The maximum Gasteiger partial charge on any atom is 0.572 e. The molecule has 0 radical (unpaired) electrons. The van der Waals surface area contributed by atoms with Crippen LogP contribution in [-0.4, -0.2) is 18.2 Å². The van der Waals surface area contributed by atoms with Gasteiger partial charge in [0.05, 0.1) is 5.60 Å². The molecule has 10 heavy (non-hydrogen) atoms. The van der Waals surface area contributed by atoms with E-state index in [1.54, 1.807) is 0 Å². The van der Waals surface area contributed by atoms with Crippen molar-refractivity contribution in [1.82, 2.24) is 0 Å². The minimum Gasteiger partial charge on any atom is -0.395 e. The lowest BCUT2D eigenvalue weighted by Crippen LogP contribution is -2.43. The predicted molar refractivity (Wildman–Crippen MR) is 41.9 cm³/mol. The van der Waals surface area contributed by atoms with E-state index >= 15 is 0 Å². The Bertz CT molecular complexity index is 117. The Morgan fingerprint density at radius 2 is 2.20 bits per heavy atom. The zero-order valence-corrected chi connectivity index (χ0v) is 7.31. The molecule has 1 unspecified atom stereocenters. The molecule has 1 heterocycles. The summed E-state index contributed by atoms with van der Waals surface area (Å²) in [6.07, 6.45) is 1.10. The summed E-state index contributed by atoms with van der Waals surface area (Å²) in [7, 11) is 0. The number of rotatable bonds is 0. The summed E-state index contributed by atoms with van der Waals surface area (Å²) in [4.78, 5) is 0. The highest BCUT2D eigenvalue weighted by Gasteiger charge is 2.35. The van der Waals surface area contributed by atoms with Crippen molar-refractivity contribution in [3.8, 4) is 0 Å². The van der Waals surface area contributed by atoms with E-state index in [0.717, 1.165) is 6.42 Å². The fourth-order valence-corrected chi connectivity index (χ4v) is 1.67. The van der Waals surface area contributed by atoms with Crippen LogP contribution in [-0.2, 0) is 9.31 Å². The molecule has 1 atom stereocenters. The van der Waals surface area contributed by atoms with Gasteiger partial charge in [-0.25, -0.2) is 0 Å². The fourth-order valence-electron chi connectivity index (χ4n) is 1.25. The van der Waals surface area contributed by atoms with Crippen LogP contribution >= 0.6 is 11.5 Å². The van der Waals surface area contributed by atoms with Gasteiger partial charge in [0.15, 0.2) is 0 Å². The fraction of sp³-hybridized carbons (Fsp3) is 1.00. The molecule has 0 saturated carbocycles. The van der Waals surface area contributed by atoms with E-state index in [1.807, 2.05) is 20.8 Å². The lowest BCUT2D eigenvalue weighted by molar-refractivity contribution is -0.0195. The van der Waals surface area contributed by atoms with E-state index in [-0.39, 0.29) is 11.7 Å². The zero-order valence-electron chi connectivity index (χ0n) is 6.56. The molecule has 0 aromatic rings. The first-order valence-electron chi connectivity index (χ1n) is 3.47.